The molecule has 0 N–H and O–H groups in total. The number of benzene rings is 1. The maximum absolute atomic E-state index is 13.1. The second-order valence-corrected chi connectivity index (χ2v) is 3.91. The SMILES string of the molecule is CC(=O)c1ccnc(Oc2cc(F)ccc2[N+](=O)[O-])c1. The zero-order valence-electron chi connectivity index (χ0n) is 10.4. The molecule has 0 aliphatic rings. The first-order valence-corrected chi connectivity index (χ1v) is 5.56. The van der Waals surface area contributed by atoms with E-state index in [1.807, 2.05) is 0 Å². The summed E-state index contributed by atoms with van der Waals surface area (Å²) in [7, 11) is 0. The van der Waals surface area contributed by atoms with E-state index in [0.717, 1.165) is 18.2 Å². The lowest BCUT2D eigenvalue weighted by molar-refractivity contribution is -0.385. The second kappa shape index (κ2) is 5.43. The maximum atomic E-state index is 13.1. The summed E-state index contributed by atoms with van der Waals surface area (Å²) in [4.78, 5) is 25.2. The van der Waals surface area contributed by atoms with Gasteiger partial charge in [-0.25, -0.2) is 9.37 Å². The van der Waals surface area contributed by atoms with Crippen LogP contribution in [-0.2, 0) is 0 Å². The fourth-order valence-electron chi connectivity index (χ4n) is 1.52. The largest absolute Gasteiger partial charge is 0.432 e. The van der Waals surface area contributed by atoms with Gasteiger partial charge < -0.3 is 4.74 Å². The first-order chi connectivity index (χ1) is 9.47. The Bertz CT molecular complexity index is 688. The summed E-state index contributed by atoms with van der Waals surface area (Å²) >= 11 is 0. The number of hydrogen-bond acceptors (Lipinski definition) is 5. The molecule has 6 nitrogen and oxygen atoms in total. The molecular weight excluding hydrogens is 267 g/mol. The number of pyridine rings is 1. The van der Waals surface area contributed by atoms with Crippen molar-refractivity contribution in [1.82, 2.24) is 4.98 Å². The molecule has 1 heterocycles. The number of hydrogen-bond donors (Lipinski definition) is 0. The Balaban J connectivity index is 2.39. The highest BCUT2D eigenvalue weighted by Crippen LogP contribution is 2.31. The third kappa shape index (κ3) is 2.94. The van der Waals surface area contributed by atoms with E-state index >= 15 is 0 Å². The van der Waals surface area contributed by atoms with Gasteiger partial charge in [0.15, 0.2) is 5.78 Å². The monoisotopic (exact) mass is 276 g/mol. The molecule has 0 saturated carbocycles. The third-order valence-corrected chi connectivity index (χ3v) is 2.47. The average Bonchev–Trinajstić information content (AvgIpc) is 2.38. The summed E-state index contributed by atoms with van der Waals surface area (Å²) in [6, 6.07) is 5.66. The minimum Gasteiger partial charge on any atom is -0.432 e. The number of ketones is 1. The summed E-state index contributed by atoms with van der Waals surface area (Å²) in [5.74, 6) is -1.17. The number of nitro benzene ring substituents is 1. The van der Waals surface area contributed by atoms with Crippen molar-refractivity contribution in [2.24, 2.45) is 0 Å². The highest BCUT2D eigenvalue weighted by Gasteiger charge is 2.17. The average molecular weight is 276 g/mol. The molecule has 0 spiro atoms. The Morgan fingerprint density at radius 1 is 1.35 bits per heavy atom. The predicted octanol–water partition coefficient (Wildman–Crippen LogP) is 3.12. The molecule has 0 unspecified atom stereocenters. The summed E-state index contributed by atoms with van der Waals surface area (Å²) < 4.78 is 18.3. The Labute approximate surface area is 113 Å². The number of nitrogens with zero attached hydrogens (tertiary/aromatic N) is 2. The minimum atomic E-state index is -0.691. The van der Waals surface area contributed by atoms with Crippen LogP contribution in [0.3, 0.4) is 0 Å². The van der Waals surface area contributed by atoms with Crippen molar-refractivity contribution in [3.8, 4) is 11.6 Å². The molecule has 0 bridgehead atoms. The lowest BCUT2D eigenvalue weighted by atomic mass is 10.2. The molecule has 102 valence electrons. The predicted molar refractivity (Wildman–Crippen MR) is 67.4 cm³/mol. The highest BCUT2D eigenvalue weighted by atomic mass is 19.1. The van der Waals surface area contributed by atoms with E-state index < -0.39 is 10.7 Å². The van der Waals surface area contributed by atoms with E-state index in [4.69, 9.17) is 4.74 Å². The first-order valence-electron chi connectivity index (χ1n) is 5.56. The number of ether oxygens (including phenoxy) is 1. The molecule has 0 amide bonds. The summed E-state index contributed by atoms with van der Waals surface area (Å²) in [5, 5.41) is 10.8. The molecule has 0 aliphatic carbocycles. The molecule has 7 heteroatoms. The highest BCUT2D eigenvalue weighted by molar-refractivity contribution is 5.94. The Morgan fingerprint density at radius 3 is 2.75 bits per heavy atom. The summed E-state index contributed by atoms with van der Waals surface area (Å²) in [6.45, 7) is 1.36. The quantitative estimate of drug-likeness (QED) is 0.486. The molecule has 20 heavy (non-hydrogen) atoms. The molecule has 1 aromatic heterocycles. The smallest absolute Gasteiger partial charge is 0.311 e. The lowest BCUT2D eigenvalue weighted by Gasteiger charge is -2.06. The topological polar surface area (TPSA) is 82.3 Å². The molecule has 2 aromatic rings. The standard InChI is InChI=1S/C13H9FN2O4/c1-8(17)9-4-5-15-13(6-9)20-12-7-10(14)2-3-11(12)16(18)19/h2-7H,1H3. The van der Waals surface area contributed by atoms with Crippen molar-refractivity contribution in [1.29, 1.82) is 0 Å². The van der Waals surface area contributed by atoms with Gasteiger partial charge in [0.1, 0.15) is 5.82 Å². The minimum absolute atomic E-state index is 0.0219. The van der Waals surface area contributed by atoms with Crippen molar-refractivity contribution < 1.29 is 18.8 Å². The van der Waals surface area contributed by atoms with Gasteiger partial charge in [-0.15, -0.1) is 0 Å². The van der Waals surface area contributed by atoms with E-state index in [1.54, 1.807) is 0 Å². The molecule has 0 atom stereocenters. The number of carbonyl (C=O) groups excluding carboxylic acids is 1. The Kier molecular flexibility index (Phi) is 3.69. The van der Waals surface area contributed by atoms with Gasteiger partial charge in [0, 0.05) is 30.0 Å². The van der Waals surface area contributed by atoms with Crippen LogP contribution in [0.4, 0.5) is 10.1 Å². The number of aromatic nitrogens is 1. The van der Waals surface area contributed by atoms with Gasteiger partial charge in [0.2, 0.25) is 11.6 Å². The lowest BCUT2D eigenvalue weighted by Crippen LogP contribution is -1.97. The fraction of sp³-hybridized carbons (Fsp3) is 0.0769. The van der Waals surface area contributed by atoms with Gasteiger partial charge in [0.25, 0.3) is 0 Å². The summed E-state index contributed by atoms with van der Waals surface area (Å²) in [6.07, 6.45) is 1.33. The van der Waals surface area contributed by atoms with Gasteiger partial charge in [-0.1, -0.05) is 0 Å². The van der Waals surface area contributed by atoms with E-state index in [2.05, 4.69) is 4.98 Å². The van der Waals surface area contributed by atoms with Crippen molar-refractivity contribution in [2.45, 2.75) is 6.92 Å². The van der Waals surface area contributed by atoms with E-state index in [-0.39, 0.29) is 23.1 Å². The van der Waals surface area contributed by atoms with E-state index in [0.29, 0.717) is 5.56 Å². The normalized spacial score (nSPS) is 10.1. The van der Waals surface area contributed by atoms with E-state index in [9.17, 15) is 19.3 Å². The fourth-order valence-corrected chi connectivity index (χ4v) is 1.52. The van der Waals surface area contributed by atoms with Gasteiger partial charge >= 0.3 is 5.69 Å². The number of halogens is 1. The van der Waals surface area contributed by atoms with Gasteiger partial charge in [-0.05, 0) is 19.1 Å². The second-order valence-electron chi connectivity index (χ2n) is 3.91. The first kappa shape index (κ1) is 13.6. The Hall–Kier alpha value is -2.83. The molecule has 1 aromatic carbocycles. The number of Topliss-reactive ketones (excluding diaryl/α,β-unsaturated/α-hetero) is 1. The van der Waals surface area contributed by atoms with E-state index in [1.165, 1.54) is 25.3 Å². The zero-order chi connectivity index (χ0) is 14.7. The van der Waals surface area contributed by atoms with Crippen molar-refractivity contribution in [3.05, 3.63) is 58.0 Å². The van der Waals surface area contributed by atoms with Crippen LogP contribution in [-0.4, -0.2) is 15.7 Å². The van der Waals surface area contributed by atoms with Crippen LogP contribution in [0.2, 0.25) is 0 Å². The Morgan fingerprint density at radius 2 is 2.10 bits per heavy atom. The van der Waals surface area contributed by atoms with Crippen LogP contribution < -0.4 is 4.74 Å². The molecule has 0 saturated heterocycles. The van der Waals surface area contributed by atoms with Crippen LogP contribution in [0.5, 0.6) is 11.6 Å². The van der Waals surface area contributed by atoms with Crippen LogP contribution in [0.1, 0.15) is 17.3 Å². The van der Waals surface area contributed by atoms with Gasteiger partial charge in [-0.3, -0.25) is 14.9 Å². The van der Waals surface area contributed by atoms with Crippen molar-refractivity contribution in [3.63, 3.8) is 0 Å². The maximum Gasteiger partial charge on any atom is 0.311 e. The van der Waals surface area contributed by atoms with Crippen LogP contribution >= 0.6 is 0 Å². The summed E-state index contributed by atoms with van der Waals surface area (Å²) in [5.41, 5.74) is -0.0458. The molecule has 0 aliphatic heterocycles. The van der Waals surface area contributed by atoms with Crippen LogP contribution in [0, 0.1) is 15.9 Å². The van der Waals surface area contributed by atoms with Crippen LogP contribution in [0.25, 0.3) is 0 Å². The molecule has 0 radical (unpaired) electrons. The van der Waals surface area contributed by atoms with Gasteiger partial charge in [-0.2, -0.15) is 0 Å². The number of nitro groups is 1. The van der Waals surface area contributed by atoms with Crippen molar-refractivity contribution in [2.75, 3.05) is 0 Å². The van der Waals surface area contributed by atoms with Gasteiger partial charge in [0.05, 0.1) is 4.92 Å². The molecular formula is C13H9FN2O4. The zero-order valence-corrected chi connectivity index (χ0v) is 10.4. The molecule has 0 fully saturated rings. The molecule has 2 rings (SSSR count). The van der Waals surface area contributed by atoms with Crippen molar-refractivity contribution >= 4 is 11.5 Å². The number of rotatable bonds is 4. The van der Waals surface area contributed by atoms with Crippen LogP contribution in [0.15, 0.2) is 36.5 Å². The third-order valence-electron chi connectivity index (χ3n) is 2.47. The number of carbonyl (C=O) groups is 1.